The van der Waals surface area contributed by atoms with Crippen LogP contribution in [-0.4, -0.2) is 35.0 Å². The largest absolute Gasteiger partial charge is 0.480 e. The van der Waals surface area contributed by atoms with Crippen LogP contribution in [0.4, 0.5) is 0 Å². The summed E-state index contributed by atoms with van der Waals surface area (Å²) in [6, 6.07) is 42.5. The van der Waals surface area contributed by atoms with E-state index in [2.05, 4.69) is 42.5 Å². The van der Waals surface area contributed by atoms with Crippen molar-refractivity contribution in [3.63, 3.8) is 0 Å². The molecule has 6 aromatic rings. The summed E-state index contributed by atoms with van der Waals surface area (Å²) in [6.45, 7) is 0. The number of para-hydroxylation sites is 1. The van der Waals surface area contributed by atoms with Gasteiger partial charge in [0.25, 0.3) is 5.91 Å². The normalized spacial score (nSPS) is 11.7. The van der Waals surface area contributed by atoms with Gasteiger partial charge >= 0.3 is 5.97 Å². The van der Waals surface area contributed by atoms with Gasteiger partial charge in [0.1, 0.15) is 17.4 Å². The number of benzene rings is 5. The highest BCUT2D eigenvalue weighted by Gasteiger charge is 2.27. The summed E-state index contributed by atoms with van der Waals surface area (Å²) in [5.41, 5.74) is 7.51. The fraction of sp³-hybridized carbons (Fsp3) is 0.105. The monoisotopic (exact) mass is 565 g/mol. The molecule has 0 aliphatic heterocycles. The Bertz CT molecular complexity index is 1860. The van der Waals surface area contributed by atoms with E-state index < -0.39 is 12.0 Å². The number of hydrogen-bond donors (Lipinski definition) is 1. The molecule has 1 atom stereocenters. The number of nitrogens with zero attached hydrogens (tertiary/aromatic N) is 1. The minimum absolute atomic E-state index is 0.238. The number of amides is 1. The van der Waals surface area contributed by atoms with E-state index in [1.807, 2.05) is 78.9 Å². The van der Waals surface area contributed by atoms with Crippen molar-refractivity contribution in [1.29, 1.82) is 0 Å². The van der Waals surface area contributed by atoms with Crippen LogP contribution in [0.5, 0.6) is 0 Å². The topological polar surface area (TPSA) is 70.8 Å². The summed E-state index contributed by atoms with van der Waals surface area (Å²) >= 11 is 0. The minimum atomic E-state index is -1.03. The zero-order valence-corrected chi connectivity index (χ0v) is 23.8. The molecule has 1 unspecified atom stereocenters. The summed E-state index contributed by atoms with van der Waals surface area (Å²) in [5.74, 6) is -0.434. The quantitative estimate of drug-likeness (QED) is 0.192. The molecule has 0 radical (unpaired) electrons. The lowest BCUT2D eigenvalue weighted by molar-refractivity contribution is -0.141. The second-order valence-corrected chi connectivity index (χ2v) is 10.7. The molecular formula is C38H31NO4. The highest BCUT2D eigenvalue weighted by Crippen LogP contribution is 2.37. The smallest absolute Gasteiger partial charge is 0.326 e. The van der Waals surface area contributed by atoms with Crippen molar-refractivity contribution >= 4 is 22.8 Å². The van der Waals surface area contributed by atoms with Crippen LogP contribution in [0.3, 0.4) is 0 Å². The van der Waals surface area contributed by atoms with E-state index in [0.717, 1.165) is 44.5 Å². The second kappa shape index (κ2) is 12.2. The predicted molar refractivity (Wildman–Crippen MR) is 170 cm³/mol. The van der Waals surface area contributed by atoms with E-state index in [0.29, 0.717) is 12.0 Å². The highest BCUT2D eigenvalue weighted by molar-refractivity contribution is 5.97. The number of carboxylic acids is 1. The summed E-state index contributed by atoms with van der Waals surface area (Å²) < 4.78 is 6.32. The van der Waals surface area contributed by atoms with Gasteiger partial charge in [-0.3, -0.25) is 4.79 Å². The second-order valence-electron chi connectivity index (χ2n) is 10.7. The molecule has 1 N–H and O–H groups in total. The minimum Gasteiger partial charge on any atom is -0.480 e. The number of rotatable bonds is 9. The van der Waals surface area contributed by atoms with E-state index in [-0.39, 0.29) is 12.3 Å². The number of carbonyl (C=O) groups excluding carboxylic acids is 1. The number of carboxylic acid groups (broad SMARTS) is 1. The summed E-state index contributed by atoms with van der Waals surface area (Å²) in [5, 5.41) is 10.9. The predicted octanol–water partition coefficient (Wildman–Crippen LogP) is 8.13. The Labute approximate surface area is 250 Å². The maximum absolute atomic E-state index is 13.2. The highest BCUT2D eigenvalue weighted by atomic mass is 16.4. The molecule has 0 spiro atoms. The first-order valence-corrected chi connectivity index (χ1v) is 14.3. The van der Waals surface area contributed by atoms with Crippen LogP contribution < -0.4 is 0 Å². The third kappa shape index (κ3) is 5.97. The fourth-order valence-corrected chi connectivity index (χ4v) is 5.53. The van der Waals surface area contributed by atoms with Crippen molar-refractivity contribution in [3.8, 4) is 22.3 Å². The Hall–Kier alpha value is -5.42. The lowest BCUT2D eigenvalue weighted by Crippen LogP contribution is -2.43. The van der Waals surface area contributed by atoms with Gasteiger partial charge in [0.15, 0.2) is 0 Å². The maximum atomic E-state index is 13.2. The van der Waals surface area contributed by atoms with Crippen LogP contribution in [0.15, 0.2) is 138 Å². The molecule has 1 aromatic heterocycles. The number of hydrogen-bond acceptors (Lipinski definition) is 3. The number of carbonyl (C=O) groups is 2. The molecule has 0 saturated heterocycles. The van der Waals surface area contributed by atoms with Crippen molar-refractivity contribution in [2.75, 3.05) is 7.05 Å². The first-order chi connectivity index (χ1) is 21.0. The first kappa shape index (κ1) is 27.7. The van der Waals surface area contributed by atoms with Crippen LogP contribution in [0, 0.1) is 0 Å². The van der Waals surface area contributed by atoms with Gasteiger partial charge in [0.05, 0.1) is 0 Å². The zero-order valence-electron chi connectivity index (χ0n) is 23.8. The Kier molecular flexibility index (Phi) is 7.88. The van der Waals surface area contributed by atoms with E-state index in [9.17, 15) is 14.7 Å². The molecule has 5 aromatic carbocycles. The van der Waals surface area contributed by atoms with Gasteiger partial charge in [-0.2, -0.15) is 0 Å². The van der Waals surface area contributed by atoms with E-state index in [1.165, 1.54) is 10.5 Å². The van der Waals surface area contributed by atoms with Crippen molar-refractivity contribution in [2.45, 2.75) is 18.9 Å². The average molecular weight is 566 g/mol. The van der Waals surface area contributed by atoms with E-state index in [1.54, 1.807) is 19.2 Å². The van der Waals surface area contributed by atoms with Crippen LogP contribution in [0.1, 0.15) is 27.2 Å². The fourth-order valence-electron chi connectivity index (χ4n) is 5.53. The third-order valence-electron chi connectivity index (χ3n) is 7.86. The number of likely N-dealkylation sites (N-methyl/N-ethyl adjacent to an activating group) is 1. The Morgan fingerprint density at radius 1 is 0.674 bits per heavy atom. The SMILES string of the molecule is CN(C(=O)c1ccc(-c2ccc(-c3c(Cc4ccccc4)oc4ccccc34)cc2)cc1)C(Cc1ccccc1)C(=O)O. The molecule has 0 saturated carbocycles. The summed E-state index contributed by atoms with van der Waals surface area (Å²) in [4.78, 5) is 26.6. The van der Waals surface area contributed by atoms with E-state index in [4.69, 9.17) is 4.42 Å². The zero-order chi connectivity index (χ0) is 29.8. The standard InChI is InChI=1S/C38H31NO4/c1-39(33(38(41)42)24-26-10-4-2-5-11-26)37(40)31-22-18-29(19-23-31)28-16-20-30(21-17-28)36-32-14-8-9-15-34(32)43-35(36)25-27-12-6-3-7-13-27/h2-23,33H,24-25H2,1H3,(H,41,42). The molecule has 5 nitrogen and oxygen atoms in total. The Balaban J connectivity index is 1.22. The molecular weight excluding hydrogens is 534 g/mol. The molecule has 5 heteroatoms. The number of fused-ring (bicyclic) bond motifs is 1. The van der Waals surface area contributed by atoms with Gasteiger partial charge in [0.2, 0.25) is 0 Å². The lowest BCUT2D eigenvalue weighted by Gasteiger charge is -2.25. The van der Waals surface area contributed by atoms with Crippen LogP contribution >= 0.6 is 0 Å². The first-order valence-electron chi connectivity index (χ1n) is 14.3. The number of furan rings is 1. The molecule has 0 bridgehead atoms. The van der Waals surface area contributed by atoms with Crippen molar-refractivity contribution in [2.24, 2.45) is 0 Å². The van der Waals surface area contributed by atoms with E-state index >= 15 is 0 Å². The van der Waals surface area contributed by atoms with Gasteiger partial charge in [-0.15, -0.1) is 0 Å². The van der Waals surface area contributed by atoms with Gasteiger partial charge in [0, 0.05) is 36.4 Å². The Morgan fingerprint density at radius 2 is 1.21 bits per heavy atom. The molecule has 212 valence electrons. The molecule has 6 rings (SSSR count). The van der Waals surface area contributed by atoms with Crippen LogP contribution in [-0.2, 0) is 17.6 Å². The van der Waals surface area contributed by atoms with Gasteiger partial charge in [-0.25, -0.2) is 4.79 Å². The van der Waals surface area contributed by atoms with Gasteiger partial charge in [-0.05, 0) is 46.0 Å². The van der Waals surface area contributed by atoms with Crippen molar-refractivity contribution in [1.82, 2.24) is 4.90 Å². The Morgan fingerprint density at radius 3 is 1.84 bits per heavy atom. The van der Waals surface area contributed by atoms with Crippen molar-refractivity contribution in [3.05, 3.63) is 156 Å². The molecule has 1 heterocycles. The van der Waals surface area contributed by atoms with Crippen LogP contribution in [0.2, 0.25) is 0 Å². The van der Waals surface area contributed by atoms with Gasteiger partial charge in [-0.1, -0.05) is 115 Å². The summed E-state index contributed by atoms with van der Waals surface area (Å²) in [6.07, 6.45) is 0.937. The van der Waals surface area contributed by atoms with Gasteiger partial charge < -0.3 is 14.4 Å². The number of aliphatic carboxylic acids is 1. The molecule has 0 aliphatic rings. The summed E-state index contributed by atoms with van der Waals surface area (Å²) in [7, 11) is 1.54. The molecule has 0 fully saturated rings. The van der Waals surface area contributed by atoms with Crippen molar-refractivity contribution < 1.29 is 19.1 Å². The maximum Gasteiger partial charge on any atom is 0.326 e. The average Bonchev–Trinajstić information content (AvgIpc) is 3.41. The molecule has 1 amide bonds. The third-order valence-corrected chi connectivity index (χ3v) is 7.86. The lowest BCUT2D eigenvalue weighted by atomic mass is 9.96. The molecule has 43 heavy (non-hydrogen) atoms. The van der Waals surface area contributed by atoms with Crippen LogP contribution in [0.25, 0.3) is 33.2 Å². The molecule has 0 aliphatic carbocycles.